The van der Waals surface area contributed by atoms with Crippen LogP contribution in [0.5, 0.6) is 0 Å². The lowest BCUT2D eigenvalue weighted by Crippen LogP contribution is -2.68. The second-order valence-corrected chi connectivity index (χ2v) is 5.12. The van der Waals surface area contributed by atoms with Crippen LogP contribution in [-0.2, 0) is 4.74 Å². The van der Waals surface area contributed by atoms with Crippen molar-refractivity contribution in [2.45, 2.75) is 57.3 Å². The number of nitrogens with one attached hydrogen (secondary N) is 1. The molecule has 0 aromatic carbocycles. The smallest absolute Gasteiger partial charge is 0.106 e. The van der Waals surface area contributed by atoms with E-state index < -0.39 is 0 Å². The number of fused-ring (bicyclic) bond motifs is 1. The molecule has 0 aromatic rings. The lowest BCUT2D eigenvalue weighted by Gasteiger charge is -2.63. The Kier molecular flexibility index (Phi) is 1.58. The van der Waals surface area contributed by atoms with Crippen LogP contribution in [0.25, 0.3) is 0 Å². The van der Waals surface area contributed by atoms with E-state index in [1.807, 2.05) is 0 Å². The molecule has 2 nitrogen and oxygen atoms in total. The minimum absolute atomic E-state index is 0.284. The maximum Gasteiger partial charge on any atom is 0.106 e. The Morgan fingerprint density at radius 1 is 1.15 bits per heavy atom. The van der Waals surface area contributed by atoms with Crippen LogP contribution in [0.4, 0.5) is 0 Å². The van der Waals surface area contributed by atoms with Crippen molar-refractivity contribution < 1.29 is 4.74 Å². The van der Waals surface area contributed by atoms with Gasteiger partial charge >= 0.3 is 0 Å². The predicted molar refractivity (Wildman–Crippen MR) is 51.4 cm³/mol. The molecule has 0 amide bonds. The van der Waals surface area contributed by atoms with Gasteiger partial charge < -0.3 is 4.74 Å². The maximum absolute atomic E-state index is 6.16. The van der Waals surface area contributed by atoms with Gasteiger partial charge in [0.05, 0.1) is 5.60 Å². The summed E-state index contributed by atoms with van der Waals surface area (Å²) in [5.74, 6) is 0. The molecular formula is C11H19NO. The predicted octanol–water partition coefficient (Wildman–Crippen LogP) is 2.05. The van der Waals surface area contributed by atoms with Gasteiger partial charge in [-0.1, -0.05) is 6.42 Å². The molecule has 0 bridgehead atoms. The third-order valence-electron chi connectivity index (χ3n) is 4.57. The molecule has 1 unspecified atom stereocenters. The highest BCUT2D eigenvalue weighted by molar-refractivity contribution is 5.12. The number of ether oxygens (including phenoxy) is 1. The molecule has 2 heteroatoms. The molecule has 2 spiro atoms. The van der Waals surface area contributed by atoms with Crippen LogP contribution in [0, 0.1) is 5.41 Å². The van der Waals surface area contributed by atoms with Gasteiger partial charge in [0.1, 0.15) is 6.23 Å². The van der Waals surface area contributed by atoms with E-state index in [9.17, 15) is 0 Å². The lowest BCUT2D eigenvalue weighted by atomic mass is 9.51. The Balaban J connectivity index is 1.85. The van der Waals surface area contributed by atoms with E-state index in [1.165, 1.54) is 45.1 Å². The summed E-state index contributed by atoms with van der Waals surface area (Å²) in [6.07, 6.45) is 8.51. The van der Waals surface area contributed by atoms with Crippen LogP contribution in [-0.4, -0.2) is 18.4 Å². The van der Waals surface area contributed by atoms with Crippen molar-refractivity contribution in [2.24, 2.45) is 5.41 Å². The summed E-state index contributed by atoms with van der Waals surface area (Å²) in [4.78, 5) is 0. The van der Waals surface area contributed by atoms with Gasteiger partial charge in [-0.2, -0.15) is 0 Å². The normalized spacial score (nSPS) is 39.9. The number of hydrogen-bond donors (Lipinski definition) is 1. The van der Waals surface area contributed by atoms with Crippen LogP contribution in [0.3, 0.4) is 0 Å². The van der Waals surface area contributed by atoms with Crippen molar-refractivity contribution in [1.82, 2.24) is 5.32 Å². The third-order valence-corrected chi connectivity index (χ3v) is 4.57. The summed E-state index contributed by atoms with van der Waals surface area (Å²) in [6, 6.07) is 0. The van der Waals surface area contributed by atoms with Crippen molar-refractivity contribution in [2.75, 3.05) is 6.54 Å². The molecule has 74 valence electrons. The van der Waals surface area contributed by atoms with Crippen LogP contribution >= 0.6 is 0 Å². The van der Waals surface area contributed by atoms with Crippen LogP contribution in [0.2, 0.25) is 0 Å². The van der Waals surface area contributed by atoms with Crippen molar-refractivity contribution in [3.63, 3.8) is 0 Å². The molecule has 0 radical (unpaired) electrons. The maximum atomic E-state index is 6.16. The fraction of sp³-hybridized carbons (Fsp3) is 1.00. The molecule has 1 saturated heterocycles. The van der Waals surface area contributed by atoms with E-state index >= 15 is 0 Å². The van der Waals surface area contributed by atoms with Crippen molar-refractivity contribution in [1.29, 1.82) is 0 Å². The summed E-state index contributed by atoms with van der Waals surface area (Å²) in [6.45, 7) is 3.35. The Labute approximate surface area is 80.0 Å². The summed E-state index contributed by atoms with van der Waals surface area (Å²) < 4.78 is 6.16. The average Bonchev–Trinajstić information content (AvgIpc) is 1.98. The monoisotopic (exact) mass is 181 g/mol. The van der Waals surface area contributed by atoms with Gasteiger partial charge in [-0.3, -0.25) is 5.32 Å². The quantitative estimate of drug-likeness (QED) is 0.617. The highest BCUT2D eigenvalue weighted by Crippen LogP contribution is 2.60. The van der Waals surface area contributed by atoms with E-state index in [0.29, 0.717) is 11.0 Å². The zero-order valence-electron chi connectivity index (χ0n) is 8.44. The average molecular weight is 181 g/mol. The third kappa shape index (κ3) is 0.909. The molecule has 2 saturated carbocycles. The van der Waals surface area contributed by atoms with Gasteiger partial charge in [0.15, 0.2) is 0 Å². The second-order valence-electron chi connectivity index (χ2n) is 5.12. The Morgan fingerprint density at radius 2 is 1.85 bits per heavy atom. The standard InChI is InChI=1S/C11H19NO/c1-9-12-8-10(4-2-5-10)11(13-9)6-3-7-11/h9,12H,2-8H2,1H3. The van der Waals surface area contributed by atoms with E-state index in [4.69, 9.17) is 4.74 Å². The Hall–Kier alpha value is -0.0800. The van der Waals surface area contributed by atoms with Crippen LogP contribution in [0.15, 0.2) is 0 Å². The summed E-state index contributed by atoms with van der Waals surface area (Å²) in [5, 5.41) is 3.48. The molecule has 2 aliphatic carbocycles. The molecule has 1 N–H and O–H groups in total. The fourth-order valence-corrected chi connectivity index (χ4v) is 3.39. The van der Waals surface area contributed by atoms with Gasteiger partial charge in [-0.15, -0.1) is 0 Å². The molecule has 1 atom stereocenters. The topological polar surface area (TPSA) is 21.3 Å². The Bertz CT molecular complexity index is 218. The molecule has 0 aromatic heterocycles. The molecule has 3 rings (SSSR count). The van der Waals surface area contributed by atoms with Crippen molar-refractivity contribution in [3.05, 3.63) is 0 Å². The van der Waals surface area contributed by atoms with Crippen molar-refractivity contribution in [3.8, 4) is 0 Å². The molecule has 13 heavy (non-hydrogen) atoms. The second kappa shape index (κ2) is 2.48. The van der Waals surface area contributed by atoms with Crippen LogP contribution < -0.4 is 5.32 Å². The summed E-state index contributed by atoms with van der Waals surface area (Å²) in [5.41, 5.74) is 0.841. The molecular weight excluding hydrogens is 162 g/mol. The first-order valence-electron chi connectivity index (χ1n) is 5.68. The van der Waals surface area contributed by atoms with Gasteiger partial charge in [0, 0.05) is 12.0 Å². The van der Waals surface area contributed by atoms with Gasteiger partial charge in [-0.25, -0.2) is 0 Å². The minimum Gasteiger partial charge on any atom is -0.357 e. The van der Waals surface area contributed by atoms with Gasteiger partial charge in [0.25, 0.3) is 0 Å². The molecule has 3 fully saturated rings. The van der Waals surface area contributed by atoms with E-state index in [1.54, 1.807) is 0 Å². The Morgan fingerprint density at radius 3 is 2.31 bits per heavy atom. The molecule has 3 aliphatic rings. The number of hydrogen-bond acceptors (Lipinski definition) is 2. The first-order chi connectivity index (χ1) is 6.27. The lowest BCUT2D eigenvalue weighted by molar-refractivity contribution is -0.263. The zero-order chi connectivity index (χ0) is 8.94. The van der Waals surface area contributed by atoms with Gasteiger partial charge in [0.2, 0.25) is 0 Å². The SMILES string of the molecule is CC1NCC2(CCC2)C2(CCC2)O1. The highest BCUT2D eigenvalue weighted by atomic mass is 16.5. The zero-order valence-corrected chi connectivity index (χ0v) is 8.44. The highest BCUT2D eigenvalue weighted by Gasteiger charge is 2.60. The molecule has 1 heterocycles. The summed E-state index contributed by atoms with van der Waals surface area (Å²) in [7, 11) is 0. The first kappa shape index (κ1) is 8.25. The van der Waals surface area contributed by atoms with Crippen molar-refractivity contribution >= 4 is 0 Å². The largest absolute Gasteiger partial charge is 0.357 e. The van der Waals surface area contributed by atoms with E-state index in [0.717, 1.165) is 0 Å². The minimum atomic E-state index is 0.284. The van der Waals surface area contributed by atoms with E-state index in [2.05, 4.69) is 12.2 Å². The number of rotatable bonds is 0. The molecule has 1 aliphatic heterocycles. The first-order valence-corrected chi connectivity index (χ1v) is 5.68. The van der Waals surface area contributed by atoms with Gasteiger partial charge in [-0.05, 0) is 39.0 Å². The summed E-state index contributed by atoms with van der Waals surface area (Å²) >= 11 is 0. The van der Waals surface area contributed by atoms with Crippen LogP contribution in [0.1, 0.15) is 45.4 Å². The fourth-order valence-electron chi connectivity index (χ4n) is 3.39. The van der Waals surface area contributed by atoms with E-state index in [-0.39, 0.29) is 6.23 Å².